The third-order valence-corrected chi connectivity index (χ3v) is 8.41. The van der Waals surface area contributed by atoms with Crippen LogP contribution in [0.25, 0.3) is 0 Å². The van der Waals surface area contributed by atoms with Crippen LogP contribution in [-0.4, -0.2) is 44.2 Å². The van der Waals surface area contributed by atoms with E-state index in [0.29, 0.717) is 29.2 Å². The van der Waals surface area contributed by atoms with Crippen LogP contribution in [0.4, 0.5) is 11.4 Å². The summed E-state index contributed by atoms with van der Waals surface area (Å²) in [7, 11) is -3.90. The van der Waals surface area contributed by atoms with E-state index in [1.54, 1.807) is 18.2 Å². The van der Waals surface area contributed by atoms with Gasteiger partial charge in [-0.25, -0.2) is 8.42 Å². The number of anilines is 2. The highest BCUT2D eigenvalue weighted by Gasteiger charge is 2.34. The van der Waals surface area contributed by atoms with Crippen LogP contribution >= 0.6 is 23.2 Å². The third-order valence-electron chi connectivity index (χ3n) is 5.64. The Labute approximate surface area is 195 Å². The third kappa shape index (κ3) is 4.43. The molecular formula is C21H21Cl2N3O5S. The first-order chi connectivity index (χ1) is 15.2. The fraction of sp³-hybridized carbons (Fsp3) is 0.333. The van der Waals surface area contributed by atoms with E-state index >= 15 is 0 Å². The first-order valence-corrected chi connectivity index (χ1v) is 12.2. The fourth-order valence-electron chi connectivity index (χ4n) is 3.75. The van der Waals surface area contributed by atoms with E-state index in [4.69, 9.17) is 27.9 Å². The SMILES string of the molecule is Cc1c(Cl)cccc1NC(=O)C1CCN(S(=O)(=O)c2cc3c(cc2Cl)NC(=O)CO3)CC1. The summed E-state index contributed by atoms with van der Waals surface area (Å²) in [5.74, 6) is -0.572. The van der Waals surface area contributed by atoms with Crippen LogP contribution in [0, 0.1) is 12.8 Å². The molecule has 32 heavy (non-hydrogen) atoms. The summed E-state index contributed by atoms with van der Waals surface area (Å²) in [4.78, 5) is 24.1. The van der Waals surface area contributed by atoms with Crippen LogP contribution in [0.3, 0.4) is 0 Å². The maximum Gasteiger partial charge on any atom is 0.262 e. The predicted molar refractivity (Wildman–Crippen MR) is 122 cm³/mol. The number of ether oxygens (including phenoxy) is 1. The Kier molecular flexibility index (Phi) is 6.35. The molecule has 8 nitrogen and oxygen atoms in total. The number of fused-ring (bicyclic) bond motifs is 1. The number of carbonyl (C=O) groups excluding carboxylic acids is 2. The number of nitrogens with one attached hydrogen (secondary N) is 2. The summed E-state index contributed by atoms with van der Waals surface area (Å²) in [6.45, 7) is 1.99. The molecular weight excluding hydrogens is 477 g/mol. The second kappa shape index (κ2) is 8.90. The highest BCUT2D eigenvalue weighted by molar-refractivity contribution is 7.89. The van der Waals surface area contributed by atoms with Crippen LogP contribution < -0.4 is 15.4 Å². The van der Waals surface area contributed by atoms with Gasteiger partial charge in [-0.05, 0) is 43.5 Å². The quantitative estimate of drug-likeness (QED) is 0.670. The molecule has 2 aliphatic rings. The highest BCUT2D eigenvalue weighted by atomic mass is 35.5. The van der Waals surface area contributed by atoms with Crippen molar-refractivity contribution in [2.24, 2.45) is 5.92 Å². The molecule has 0 unspecified atom stereocenters. The largest absolute Gasteiger partial charge is 0.482 e. The zero-order valence-corrected chi connectivity index (χ0v) is 19.5. The number of hydrogen-bond acceptors (Lipinski definition) is 5. The Bertz CT molecular complexity index is 1190. The summed E-state index contributed by atoms with van der Waals surface area (Å²) >= 11 is 12.3. The number of amides is 2. The summed E-state index contributed by atoms with van der Waals surface area (Å²) in [6, 6.07) is 7.99. The maximum absolute atomic E-state index is 13.2. The van der Waals surface area contributed by atoms with Crippen LogP contribution in [0.2, 0.25) is 10.0 Å². The summed E-state index contributed by atoms with van der Waals surface area (Å²) < 4.78 is 33.0. The first kappa shape index (κ1) is 22.8. The van der Waals surface area contributed by atoms with Crippen molar-refractivity contribution >= 4 is 56.4 Å². The molecule has 2 amide bonds. The van der Waals surface area contributed by atoms with E-state index in [0.717, 1.165) is 5.56 Å². The number of sulfonamides is 1. The highest BCUT2D eigenvalue weighted by Crippen LogP contribution is 2.37. The van der Waals surface area contributed by atoms with Crippen molar-refractivity contribution in [2.45, 2.75) is 24.7 Å². The van der Waals surface area contributed by atoms with Gasteiger partial charge in [0.2, 0.25) is 15.9 Å². The van der Waals surface area contributed by atoms with Crippen molar-refractivity contribution < 1.29 is 22.7 Å². The van der Waals surface area contributed by atoms with E-state index in [9.17, 15) is 18.0 Å². The molecule has 11 heteroatoms. The predicted octanol–water partition coefficient (Wildman–Crippen LogP) is 3.67. The van der Waals surface area contributed by atoms with Crippen LogP contribution in [0.15, 0.2) is 35.2 Å². The first-order valence-electron chi connectivity index (χ1n) is 9.99. The van der Waals surface area contributed by atoms with Crippen LogP contribution in [0.5, 0.6) is 5.75 Å². The molecule has 0 spiro atoms. The van der Waals surface area contributed by atoms with Crippen molar-refractivity contribution in [1.29, 1.82) is 0 Å². The Morgan fingerprint density at radius 2 is 1.91 bits per heavy atom. The van der Waals surface area contributed by atoms with Gasteiger partial charge < -0.3 is 15.4 Å². The Morgan fingerprint density at radius 1 is 1.19 bits per heavy atom. The second-order valence-electron chi connectivity index (χ2n) is 7.70. The molecule has 0 aromatic heterocycles. The second-order valence-corrected chi connectivity index (χ2v) is 10.4. The van der Waals surface area contributed by atoms with Crippen LogP contribution in [0.1, 0.15) is 18.4 Å². The monoisotopic (exact) mass is 497 g/mol. The lowest BCUT2D eigenvalue weighted by Gasteiger charge is -2.31. The fourth-order valence-corrected chi connectivity index (χ4v) is 5.92. The van der Waals surface area contributed by atoms with Gasteiger partial charge in [0.15, 0.2) is 6.61 Å². The van der Waals surface area contributed by atoms with Crippen molar-refractivity contribution in [3.63, 3.8) is 0 Å². The van der Waals surface area contributed by atoms with Gasteiger partial charge in [-0.3, -0.25) is 9.59 Å². The molecule has 1 fully saturated rings. The zero-order chi connectivity index (χ0) is 23.0. The zero-order valence-electron chi connectivity index (χ0n) is 17.2. The minimum Gasteiger partial charge on any atom is -0.482 e. The topological polar surface area (TPSA) is 105 Å². The number of hydrogen-bond donors (Lipinski definition) is 2. The molecule has 170 valence electrons. The van der Waals surface area contributed by atoms with Gasteiger partial charge in [-0.15, -0.1) is 0 Å². The molecule has 4 rings (SSSR count). The van der Waals surface area contributed by atoms with Gasteiger partial charge in [-0.2, -0.15) is 4.31 Å². The maximum atomic E-state index is 13.2. The summed E-state index contributed by atoms with van der Waals surface area (Å²) in [6.07, 6.45) is 0.750. The minimum atomic E-state index is -3.90. The molecule has 2 N–H and O–H groups in total. The van der Waals surface area contributed by atoms with Crippen molar-refractivity contribution in [3.05, 3.63) is 45.9 Å². The molecule has 0 bridgehead atoms. The number of carbonyl (C=O) groups is 2. The average Bonchev–Trinajstić information content (AvgIpc) is 2.76. The molecule has 0 radical (unpaired) electrons. The number of piperidine rings is 1. The van der Waals surface area contributed by atoms with Gasteiger partial charge >= 0.3 is 0 Å². The molecule has 2 aliphatic heterocycles. The van der Waals surface area contributed by atoms with E-state index in [1.165, 1.54) is 16.4 Å². The minimum absolute atomic E-state index is 0.00847. The lowest BCUT2D eigenvalue weighted by Crippen LogP contribution is -2.41. The lowest BCUT2D eigenvalue weighted by molar-refractivity contribution is -0.121. The molecule has 2 heterocycles. The molecule has 0 aliphatic carbocycles. The van der Waals surface area contributed by atoms with E-state index in [1.807, 2.05) is 6.92 Å². The number of benzene rings is 2. The number of rotatable bonds is 4. The standard InChI is InChI=1S/C21H21Cl2N3O5S/c1-12-14(22)3-2-4-16(12)25-21(28)13-5-7-26(8-6-13)32(29,30)19-10-18-17(9-15(19)23)24-20(27)11-31-18/h2-4,9-10,13H,5-8,11H2,1H3,(H,24,27)(H,25,28). The van der Waals surface area contributed by atoms with E-state index in [2.05, 4.69) is 10.6 Å². The number of halogens is 2. The van der Waals surface area contributed by atoms with Crippen molar-refractivity contribution in [3.8, 4) is 5.75 Å². The van der Waals surface area contributed by atoms with Gasteiger partial charge in [-0.1, -0.05) is 29.3 Å². The van der Waals surface area contributed by atoms with Gasteiger partial charge in [0.25, 0.3) is 5.91 Å². The molecule has 1 saturated heterocycles. The van der Waals surface area contributed by atoms with Crippen molar-refractivity contribution in [1.82, 2.24) is 4.31 Å². The molecule has 0 saturated carbocycles. The molecule has 0 atom stereocenters. The molecule has 2 aromatic carbocycles. The van der Waals surface area contributed by atoms with E-state index in [-0.39, 0.29) is 53.1 Å². The average molecular weight is 498 g/mol. The lowest BCUT2D eigenvalue weighted by atomic mass is 9.97. The Balaban J connectivity index is 1.45. The van der Waals surface area contributed by atoms with Gasteiger partial charge in [0.05, 0.1) is 10.7 Å². The summed E-state index contributed by atoms with van der Waals surface area (Å²) in [5.41, 5.74) is 1.75. The Hall–Kier alpha value is -2.33. The smallest absolute Gasteiger partial charge is 0.262 e. The normalized spacial score (nSPS) is 17.3. The number of nitrogens with zero attached hydrogens (tertiary/aromatic N) is 1. The Morgan fingerprint density at radius 3 is 2.62 bits per heavy atom. The summed E-state index contributed by atoms with van der Waals surface area (Å²) in [5, 5.41) is 6.04. The van der Waals surface area contributed by atoms with Crippen molar-refractivity contribution in [2.75, 3.05) is 30.3 Å². The molecule has 2 aromatic rings. The van der Waals surface area contributed by atoms with Gasteiger partial charge in [0, 0.05) is 35.8 Å². The van der Waals surface area contributed by atoms with E-state index < -0.39 is 10.0 Å². The van der Waals surface area contributed by atoms with Gasteiger partial charge in [0.1, 0.15) is 10.6 Å². The van der Waals surface area contributed by atoms with Crippen LogP contribution in [-0.2, 0) is 19.6 Å².